The molecule has 1 fully saturated rings. The molecule has 0 aliphatic carbocycles. The van der Waals surface area contributed by atoms with Gasteiger partial charge in [0.15, 0.2) is 0 Å². The van der Waals surface area contributed by atoms with E-state index in [0.29, 0.717) is 18.7 Å². The summed E-state index contributed by atoms with van der Waals surface area (Å²) in [6.45, 7) is 2.12. The Morgan fingerprint density at radius 1 is 1.07 bits per heavy atom. The molecule has 1 saturated heterocycles. The van der Waals surface area contributed by atoms with E-state index in [0.717, 1.165) is 25.2 Å². The Hall–Kier alpha value is -2.99. The maximum Gasteiger partial charge on any atom is 0.253 e. The number of imidazole rings is 1. The molecule has 6 heteroatoms. The van der Waals surface area contributed by atoms with Crippen LogP contribution < -0.4 is 0 Å². The van der Waals surface area contributed by atoms with E-state index >= 15 is 0 Å². The van der Waals surface area contributed by atoms with E-state index in [2.05, 4.69) is 40.8 Å². The number of hydrogen-bond donors (Lipinski definition) is 0. The summed E-state index contributed by atoms with van der Waals surface area (Å²) < 4.78 is 15.4. The zero-order valence-corrected chi connectivity index (χ0v) is 16.4. The van der Waals surface area contributed by atoms with E-state index in [9.17, 15) is 9.18 Å². The first-order chi connectivity index (χ1) is 14.1. The SMILES string of the molecule is CN1Cc2ccccc2-n2ccnc2C12CCN(C(=O)c1ccc(F)cc1)CC2. The van der Waals surface area contributed by atoms with Gasteiger partial charge < -0.3 is 9.47 Å². The van der Waals surface area contributed by atoms with E-state index in [-0.39, 0.29) is 17.3 Å². The van der Waals surface area contributed by atoms with E-state index in [1.807, 2.05) is 17.3 Å². The number of para-hydroxylation sites is 1. The number of hydrogen-bond acceptors (Lipinski definition) is 3. The highest BCUT2D eigenvalue weighted by atomic mass is 19.1. The van der Waals surface area contributed by atoms with Crippen LogP contribution in [-0.4, -0.2) is 45.4 Å². The summed E-state index contributed by atoms with van der Waals surface area (Å²) in [4.78, 5) is 21.9. The maximum absolute atomic E-state index is 13.2. The molecule has 2 aromatic carbocycles. The lowest BCUT2D eigenvalue weighted by Gasteiger charge is -2.46. The van der Waals surface area contributed by atoms with Gasteiger partial charge in [-0.25, -0.2) is 9.37 Å². The summed E-state index contributed by atoms with van der Waals surface area (Å²) in [6, 6.07) is 14.2. The second-order valence-corrected chi connectivity index (χ2v) is 7.94. The van der Waals surface area contributed by atoms with Gasteiger partial charge in [-0.2, -0.15) is 0 Å². The van der Waals surface area contributed by atoms with Crippen molar-refractivity contribution in [2.75, 3.05) is 20.1 Å². The third-order valence-corrected chi connectivity index (χ3v) is 6.42. The number of benzene rings is 2. The molecule has 0 radical (unpaired) electrons. The minimum absolute atomic E-state index is 0.0391. The summed E-state index contributed by atoms with van der Waals surface area (Å²) in [5.41, 5.74) is 2.76. The van der Waals surface area contributed by atoms with Crippen molar-refractivity contribution in [2.24, 2.45) is 0 Å². The summed E-state index contributed by atoms with van der Waals surface area (Å²) in [5, 5.41) is 0. The van der Waals surface area contributed by atoms with Crippen molar-refractivity contribution in [3.63, 3.8) is 0 Å². The highest BCUT2D eigenvalue weighted by Gasteiger charge is 2.45. The van der Waals surface area contributed by atoms with Crippen molar-refractivity contribution in [2.45, 2.75) is 24.9 Å². The van der Waals surface area contributed by atoms with E-state index in [1.165, 1.54) is 23.4 Å². The van der Waals surface area contributed by atoms with Gasteiger partial charge in [-0.05, 0) is 55.8 Å². The Kier molecular flexibility index (Phi) is 4.24. The van der Waals surface area contributed by atoms with E-state index in [4.69, 9.17) is 4.98 Å². The van der Waals surface area contributed by atoms with Crippen LogP contribution >= 0.6 is 0 Å². The Labute approximate surface area is 169 Å². The van der Waals surface area contributed by atoms with Crippen LogP contribution in [0.25, 0.3) is 5.69 Å². The fraction of sp³-hybridized carbons (Fsp3) is 0.304. The maximum atomic E-state index is 13.2. The molecule has 1 amide bonds. The van der Waals surface area contributed by atoms with E-state index in [1.54, 1.807) is 12.1 Å². The number of aromatic nitrogens is 2. The quantitative estimate of drug-likeness (QED) is 0.638. The predicted octanol–water partition coefficient (Wildman–Crippen LogP) is 3.59. The highest BCUT2D eigenvalue weighted by molar-refractivity contribution is 5.94. The smallest absolute Gasteiger partial charge is 0.253 e. The van der Waals surface area contributed by atoms with Crippen molar-refractivity contribution in [3.8, 4) is 5.69 Å². The van der Waals surface area contributed by atoms with Crippen LogP contribution in [0, 0.1) is 5.82 Å². The molecule has 0 N–H and O–H groups in total. The predicted molar refractivity (Wildman–Crippen MR) is 108 cm³/mol. The number of rotatable bonds is 1. The zero-order valence-electron chi connectivity index (χ0n) is 16.4. The number of carbonyl (C=O) groups is 1. The molecule has 2 aliphatic heterocycles. The fourth-order valence-corrected chi connectivity index (χ4v) is 4.76. The Bertz CT molecular complexity index is 1050. The van der Waals surface area contributed by atoms with Gasteiger partial charge >= 0.3 is 0 Å². The van der Waals surface area contributed by atoms with Crippen LogP contribution in [0.4, 0.5) is 4.39 Å². The molecule has 1 aromatic heterocycles. The average molecular weight is 390 g/mol. The van der Waals surface area contributed by atoms with Gasteiger partial charge in [0.25, 0.3) is 5.91 Å². The van der Waals surface area contributed by atoms with Gasteiger partial charge in [0.1, 0.15) is 11.6 Å². The average Bonchev–Trinajstić information content (AvgIpc) is 3.21. The third kappa shape index (κ3) is 2.86. The molecule has 2 aliphatic rings. The van der Waals surface area contributed by atoms with Gasteiger partial charge in [0, 0.05) is 37.6 Å². The normalized spacial score (nSPS) is 18.2. The first-order valence-corrected chi connectivity index (χ1v) is 9.97. The third-order valence-electron chi connectivity index (χ3n) is 6.42. The molecule has 29 heavy (non-hydrogen) atoms. The van der Waals surface area contributed by atoms with Crippen LogP contribution in [-0.2, 0) is 12.1 Å². The molecule has 1 spiro atoms. The van der Waals surface area contributed by atoms with Crippen molar-refractivity contribution in [1.82, 2.24) is 19.4 Å². The molecule has 3 heterocycles. The first kappa shape index (κ1) is 18.1. The lowest BCUT2D eigenvalue weighted by molar-refractivity contribution is 0.0230. The minimum Gasteiger partial charge on any atom is -0.338 e. The number of fused-ring (bicyclic) bond motifs is 4. The van der Waals surface area contributed by atoms with Crippen LogP contribution in [0.2, 0.25) is 0 Å². The molecule has 0 unspecified atom stereocenters. The second kappa shape index (κ2) is 6.81. The van der Waals surface area contributed by atoms with Crippen molar-refractivity contribution >= 4 is 5.91 Å². The summed E-state index contributed by atoms with van der Waals surface area (Å²) in [6.07, 6.45) is 5.51. The van der Waals surface area contributed by atoms with Gasteiger partial charge in [0.05, 0.1) is 11.2 Å². The minimum atomic E-state index is -0.328. The fourth-order valence-electron chi connectivity index (χ4n) is 4.76. The monoisotopic (exact) mass is 390 g/mol. The Morgan fingerprint density at radius 3 is 2.55 bits per heavy atom. The van der Waals surface area contributed by atoms with Crippen LogP contribution in [0.5, 0.6) is 0 Å². The number of nitrogens with zero attached hydrogens (tertiary/aromatic N) is 4. The van der Waals surface area contributed by atoms with Gasteiger partial charge in [0.2, 0.25) is 0 Å². The van der Waals surface area contributed by atoms with Crippen LogP contribution in [0.3, 0.4) is 0 Å². The highest BCUT2D eigenvalue weighted by Crippen LogP contribution is 2.42. The molecular formula is C23H23FN4O. The summed E-state index contributed by atoms with van der Waals surface area (Å²) in [5.74, 6) is 0.673. The van der Waals surface area contributed by atoms with Crippen molar-refractivity contribution in [1.29, 1.82) is 0 Å². The summed E-state index contributed by atoms with van der Waals surface area (Å²) in [7, 11) is 2.15. The molecular weight excluding hydrogens is 367 g/mol. The molecule has 0 atom stereocenters. The van der Waals surface area contributed by atoms with Crippen LogP contribution in [0.1, 0.15) is 34.6 Å². The van der Waals surface area contributed by atoms with Gasteiger partial charge in [-0.3, -0.25) is 9.69 Å². The lowest BCUT2D eigenvalue weighted by atomic mass is 9.84. The number of likely N-dealkylation sites (tertiary alicyclic amines) is 1. The summed E-state index contributed by atoms with van der Waals surface area (Å²) >= 11 is 0. The molecule has 148 valence electrons. The van der Waals surface area contributed by atoms with E-state index < -0.39 is 0 Å². The molecule has 0 saturated carbocycles. The number of halogens is 1. The molecule has 3 aromatic rings. The van der Waals surface area contributed by atoms with Gasteiger partial charge in [-0.1, -0.05) is 18.2 Å². The number of amides is 1. The molecule has 0 bridgehead atoms. The van der Waals surface area contributed by atoms with Crippen molar-refractivity contribution < 1.29 is 9.18 Å². The molecule has 5 rings (SSSR count). The first-order valence-electron chi connectivity index (χ1n) is 9.97. The van der Waals surface area contributed by atoms with Crippen LogP contribution in [0.15, 0.2) is 60.9 Å². The topological polar surface area (TPSA) is 41.4 Å². The lowest BCUT2D eigenvalue weighted by Crippen LogP contribution is -2.53. The zero-order chi connectivity index (χ0) is 20.0. The number of piperidine rings is 1. The van der Waals surface area contributed by atoms with Crippen molar-refractivity contribution in [3.05, 3.63) is 83.7 Å². The number of carbonyl (C=O) groups excluding carboxylic acids is 1. The molecule has 5 nitrogen and oxygen atoms in total. The standard InChI is InChI=1S/C23H23FN4O/c1-26-16-18-4-2-3-5-20(18)28-15-12-25-22(28)23(26)10-13-27(14-11-23)21(29)17-6-8-19(24)9-7-17/h2-9,12,15H,10-11,13-14,16H2,1H3. The largest absolute Gasteiger partial charge is 0.338 e. The Balaban J connectivity index is 1.44. The Morgan fingerprint density at radius 2 is 1.79 bits per heavy atom. The second-order valence-electron chi connectivity index (χ2n) is 7.94. The van der Waals surface area contributed by atoms with Gasteiger partial charge in [-0.15, -0.1) is 0 Å².